The monoisotopic (exact) mass is 377 g/mol. The van der Waals surface area contributed by atoms with Crippen LogP contribution in [0.25, 0.3) is 5.69 Å². The van der Waals surface area contributed by atoms with Crippen molar-refractivity contribution in [3.63, 3.8) is 0 Å². The maximum absolute atomic E-state index is 12.8. The highest BCUT2D eigenvalue weighted by Gasteiger charge is 2.17. The molecule has 0 saturated carbocycles. The highest BCUT2D eigenvalue weighted by Crippen LogP contribution is 2.16. The number of anilines is 1. The molecule has 23 heavy (non-hydrogen) atoms. The smallest absolute Gasteiger partial charge is 0.295 e. The minimum absolute atomic E-state index is 0. The van der Waals surface area contributed by atoms with Gasteiger partial charge in [0, 0.05) is 20.0 Å². The summed E-state index contributed by atoms with van der Waals surface area (Å²) in [6.07, 6.45) is 4.38. The molecule has 1 aromatic carbocycles. The molecule has 0 saturated heterocycles. The number of rotatable bonds is 2. The van der Waals surface area contributed by atoms with Crippen LogP contribution in [0.2, 0.25) is 0 Å². The van der Waals surface area contributed by atoms with Gasteiger partial charge in [-0.25, -0.2) is 4.68 Å². The van der Waals surface area contributed by atoms with E-state index in [0.29, 0.717) is 5.69 Å². The lowest BCUT2D eigenvalue weighted by molar-refractivity contribution is -0.00000473. The van der Waals surface area contributed by atoms with E-state index in [1.165, 1.54) is 6.42 Å². The van der Waals surface area contributed by atoms with Crippen molar-refractivity contribution in [3.8, 4) is 5.69 Å². The van der Waals surface area contributed by atoms with Crippen molar-refractivity contribution in [3.05, 3.63) is 46.4 Å². The molecular formula is C17H22BrN4O-. The summed E-state index contributed by atoms with van der Waals surface area (Å²) >= 11 is 0. The topological polar surface area (TPSA) is 51.3 Å². The van der Waals surface area contributed by atoms with Gasteiger partial charge < -0.3 is 22.3 Å². The largest absolute Gasteiger partial charge is 1.00 e. The SMILES string of the molecule is Cc1c(NC2=NCCCCC2)c(=O)n(-c2ccccc2)n1C.[Br-]. The Balaban J connectivity index is 0.00000192. The first-order valence-corrected chi connectivity index (χ1v) is 7.83. The van der Waals surface area contributed by atoms with Gasteiger partial charge in [-0.2, -0.15) is 0 Å². The Morgan fingerprint density at radius 1 is 1.13 bits per heavy atom. The summed E-state index contributed by atoms with van der Waals surface area (Å²) in [4.78, 5) is 17.4. The molecule has 0 radical (unpaired) electrons. The highest BCUT2D eigenvalue weighted by molar-refractivity contribution is 5.95. The van der Waals surface area contributed by atoms with Crippen molar-refractivity contribution in [1.82, 2.24) is 9.36 Å². The van der Waals surface area contributed by atoms with Crippen LogP contribution < -0.4 is 27.9 Å². The maximum atomic E-state index is 12.8. The second-order valence-corrected chi connectivity index (χ2v) is 5.70. The first kappa shape index (κ1) is 17.5. The summed E-state index contributed by atoms with van der Waals surface area (Å²) < 4.78 is 3.58. The molecule has 3 rings (SSSR count). The normalized spacial score (nSPS) is 14.6. The standard InChI is InChI=1S/C17H22N4O.BrH/c1-13-16(19-15-11-7-4-8-12-18-15)17(22)21(20(13)2)14-9-5-3-6-10-14;/h3,5-6,9-10H,4,7-8,11-12H2,1-2H3,(H,18,19);1H/p-1. The number of aromatic nitrogens is 2. The maximum Gasteiger partial charge on any atom is 0.295 e. The molecule has 5 nitrogen and oxygen atoms in total. The Morgan fingerprint density at radius 2 is 1.87 bits per heavy atom. The fraction of sp³-hybridized carbons (Fsp3) is 0.412. The number of aliphatic imine (C=N–C) groups is 1. The third-order valence-electron chi connectivity index (χ3n) is 4.20. The first-order valence-electron chi connectivity index (χ1n) is 7.83. The van der Waals surface area contributed by atoms with Gasteiger partial charge in [0.05, 0.1) is 11.4 Å². The third kappa shape index (κ3) is 3.58. The van der Waals surface area contributed by atoms with Crippen LogP contribution in [0.1, 0.15) is 31.4 Å². The van der Waals surface area contributed by atoms with Crippen LogP contribution in [0, 0.1) is 6.92 Å². The van der Waals surface area contributed by atoms with Crippen molar-refractivity contribution in [2.75, 3.05) is 11.9 Å². The molecule has 0 atom stereocenters. The lowest BCUT2D eigenvalue weighted by Crippen LogP contribution is -3.00. The quantitative estimate of drug-likeness (QED) is 0.792. The number of para-hydroxylation sites is 1. The van der Waals surface area contributed by atoms with E-state index in [-0.39, 0.29) is 22.5 Å². The summed E-state index contributed by atoms with van der Waals surface area (Å²) in [5.74, 6) is 0.934. The molecule has 6 heteroatoms. The van der Waals surface area contributed by atoms with E-state index in [1.54, 1.807) is 4.68 Å². The van der Waals surface area contributed by atoms with Crippen molar-refractivity contribution in [2.24, 2.45) is 12.0 Å². The van der Waals surface area contributed by atoms with Crippen molar-refractivity contribution < 1.29 is 17.0 Å². The molecule has 0 fully saturated rings. The van der Waals surface area contributed by atoms with Gasteiger partial charge in [-0.05, 0) is 31.9 Å². The minimum Gasteiger partial charge on any atom is -1.00 e. The fourth-order valence-electron chi connectivity index (χ4n) is 2.83. The summed E-state index contributed by atoms with van der Waals surface area (Å²) in [6, 6.07) is 9.70. The summed E-state index contributed by atoms with van der Waals surface area (Å²) in [5.41, 5.74) is 2.39. The number of nitrogens with zero attached hydrogens (tertiary/aromatic N) is 3. The molecule has 2 heterocycles. The van der Waals surface area contributed by atoms with Gasteiger partial charge >= 0.3 is 0 Å². The lowest BCUT2D eigenvalue weighted by atomic mass is 10.2. The van der Waals surface area contributed by atoms with Crippen LogP contribution in [0.4, 0.5) is 5.69 Å². The van der Waals surface area contributed by atoms with E-state index in [9.17, 15) is 4.79 Å². The molecule has 0 aliphatic carbocycles. The zero-order valence-corrected chi connectivity index (χ0v) is 15.1. The van der Waals surface area contributed by atoms with Crippen LogP contribution in [-0.2, 0) is 7.05 Å². The van der Waals surface area contributed by atoms with Crippen LogP contribution in [-0.4, -0.2) is 21.7 Å². The van der Waals surface area contributed by atoms with Crippen molar-refractivity contribution >= 4 is 11.5 Å². The van der Waals surface area contributed by atoms with E-state index < -0.39 is 0 Å². The molecule has 1 N–H and O–H groups in total. The number of nitrogens with one attached hydrogen (secondary N) is 1. The van der Waals surface area contributed by atoms with E-state index >= 15 is 0 Å². The predicted molar refractivity (Wildman–Crippen MR) is 90.1 cm³/mol. The molecular weight excluding hydrogens is 356 g/mol. The Bertz CT molecular complexity index is 746. The van der Waals surface area contributed by atoms with Gasteiger partial charge in [0.1, 0.15) is 11.5 Å². The Labute approximate surface area is 146 Å². The van der Waals surface area contributed by atoms with Gasteiger partial charge in [-0.3, -0.25) is 14.5 Å². The molecule has 2 aromatic rings. The third-order valence-corrected chi connectivity index (χ3v) is 4.20. The van der Waals surface area contributed by atoms with Gasteiger partial charge in [0.25, 0.3) is 5.56 Å². The zero-order chi connectivity index (χ0) is 15.5. The second kappa shape index (κ2) is 7.64. The molecule has 0 spiro atoms. The van der Waals surface area contributed by atoms with Crippen LogP contribution in [0.3, 0.4) is 0 Å². The summed E-state index contributed by atoms with van der Waals surface area (Å²) in [5, 5.41) is 3.28. The van der Waals surface area contributed by atoms with E-state index in [4.69, 9.17) is 0 Å². The van der Waals surface area contributed by atoms with Gasteiger partial charge in [0.2, 0.25) is 0 Å². The Hall–Kier alpha value is -1.82. The average Bonchev–Trinajstić information content (AvgIpc) is 2.73. The number of hydrogen-bond acceptors (Lipinski definition) is 3. The van der Waals surface area contributed by atoms with Crippen LogP contribution >= 0.6 is 0 Å². The van der Waals surface area contributed by atoms with Crippen LogP contribution in [0.15, 0.2) is 40.1 Å². The number of amidine groups is 1. The highest BCUT2D eigenvalue weighted by atomic mass is 79.9. The summed E-state index contributed by atoms with van der Waals surface area (Å²) in [6.45, 7) is 2.81. The van der Waals surface area contributed by atoms with Crippen LogP contribution in [0.5, 0.6) is 0 Å². The molecule has 0 bridgehead atoms. The van der Waals surface area contributed by atoms with Gasteiger partial charge in [-0.1, -0.05) is 24.6 Å². The number of hydrogen-bond donors (Lipinski definition) is 1. The van der Waals surface area contributed by atoms with Gasteiger partial charge in [-0.15, -0.1) is 0 Å². The molecule has 124 valence electrons. The molecule has 1 aliphatic heterocycles. The first-order chi connectivity index (χ1) is 10.7. The average molecular weight is 378 g/mol. The number of benzene rings is 1. The second-order valence-electron chi connectivity index (χ2n) is 5.70. The van der Waals surface area contributed by atoms with Crippen molar-refractivity contribution in [1.29, 1.82) is 0 Å². The van der Waals surface area contributed by atoms with E-state index in [1.807, 2.05) is 49.0 Å². The number of halogens is 1. The van der Waals surface area contributed by atoms with Gasteiger partial charge in [0.15, 0.2) is 0 Å². The molecule has 0 amide bonds. The molecule has 0 unspecified atom stereocenters. The molecule has 1 aromatic heterocycles. The minimum atomic E-state index is -0.0295. The predicted octanol–water partition coefficient (Wildman–Crippen LogP) is -0.127. The zero-order valence-electron chi connectivity index (χ0n) is 13.6. The Kier molecular flexibility index (Phi) is 5.82. The van der Waals surface area contributed by atoms with E-state index in [2.05, 4.69) is 10.3 Å². The van der Waals surface area contributed by atoms with Crippen molar-refractivity contribution in [2.45, 2.75) is 32.6 Å². The lowest BCUT2D eigenvalue weighted by Gasteiger charge is -2.07. The summed E-state index contributed by atoms with van der Waals surface area (Å²) in [7, 11) is 1.91. The molecule has 1 aliphatic rings. The fourth-order valence-corrected chi connectivity index (χ4v) is 2.83. The van der Waals surface area contributed by atoms with E-state index in [0.717, 1.165) is 43.0 Å². The Morgan fingerprint density at radius 3 is 2.61 bits per heavy atom.